The molecule has 1 saturated carbocycles. The van der Waals surface area contributed by atoms with Crippen LogP contribution in [0.2, 0.25) is 0 Å². The first-order valence-electron chi connectivity index (χ1n) is 6.22. The molecule has 0 radical (unpaired) electrons. The van der Waals surface area contributed by atoms with Crippen molar-refractivity contribution in [1.29, 1.82) is 0 Å². The molecule has 1 aliphatic carbocycles. The molecule has 1 aromatic carbocycles. The zero-order chi connectivity index (χ0) is 12.6. The fourth-order valence-corrected chi connectivity index (χ4v) is 3.30. The van der Waals surface area contributed by atoms with Crippen LogP contribution in [0.4, 0.5) is 0 Å². The van der Waals surface area contributed by atoms with Crippen LogP contribution in [0, 0.1) is 0 Å². The van der Waals surface area contributed by atoms with E-state index in [1.165, 1.54) is 5.56 Å². The van der Waals surface area contributed by atoms with Crippen molar-refractivity contribution in [3.05, 3.63) is 33.8 Å². The normalized spacial score (nSPS) is 24.6. The number of halogens is 1. The Balaban J connectivity index is 1.91. The lowest BCUT2D eigenvalue weighted by molar-refractivity contribution is 0.194. The van der Waals surface area contributed by atoms with Gasteiger partial charge < -0.3 is 4.74 Å². The van der Waals surface area contributed by atoms with Crippen LogP contribution in [0.5, 0.6) is 0 Å². The van der Waals surface area contributed by atoms with Crippen LogP contribution in [0.3, 0.4) is 0 Å². The monoisotopic (exact) mass is 307 g/mol. The molecule has 1 saturated heterocycles. The van der Waals surface area contributed by atoms with Gasteiger partial charge >= 0.3 is 0 Å². The van der Waals surface area contributed by atoms with Crippen LogP contribution >= 0.6 is 15.9 Å². The van der Waals surface area contributed by atoms with E-state index in [9.17, 15) is 4.79 Å². The maximum atomic E-state index is 10.5. The van der Waals surface area contributed by atoms with Gasteiger partial charge in [-0.05, 0) is 36.5 Å². The average molecular weight is 308 g/mol. The molecule has 1 unspecified atom stereocenters. The van der Waals surface area contributed by atoms with E-state index >= 15 is 0 Å². The molecule has 3 nitrogen and oxygen atoms in total. The smallest absolute Gasteiger partial charge is 0.235 e. The predicted octanol–water partition coefficient (Wildman–Crippen LogP) is 3.28. The Morgan fingerprint density at radius 2 is 2.28 bits per heavy atom. The van der Waals surface area contributed by atoms with Gasteiger partial charge in [0.25, 0.3) is 0 Å². The molecule has 0 aromatic heterocycles. The number of carbonyl (C=O) groups excluding carboxylic acids is 1. The first-order valence-corrected chi connectivity index (χ1v) is 7.01. The SMILES string of the molecule is O=C=NC1(c2ccc(C3CCOC3)c(Br)c2)CC1. The summed E-state index contributed by atoms with van der Waals surface area (Å²) in [7, 11) is 0. The number of aliphatic imine (C=N–C) groups is 1. The van der Waals surface area contributed by atoms with Crippen molar-refractivity contribution in [2.75, 3.05) is 13.2 Å². The summed E-state index contributed by atoms with van der Waals surface area (Å²) in [6.45, 7) is 1.65. The Hall–Kier alpha value is -0.960. The number of hydrogen-bond donors (Lipinski definition) is 0. The quantitative estimate of drug-likeness (QED) is 0.635. The maximum Gasteiger partial charge on any atom is 0.235 e. The van der Waals surface area contributed by atoms with Gasteiger partial charge in [0.15, 0.2) is 0 Å². The first-order chi connectivity index (χ1) is 8.75. The van der Waals surface area contributed by atoms with E-state index < -0.39 is 0 Å². The first kappa shape index (κ1) is 12.1. The molecule has 18 heavy (non-hydrogen) atoms. The molecule has 0 spiro atoms. The van der Waals surface area contributed by atoms with E-state index in [-0.39, 0.29) is 5.54 Å². The van der Waals surface area contributed by atoms with Gasteiger partial charge in [-0.1, -0.05) is 28.1 Å². The molecule has 3 rings (SSSR count). The van der Waals surface area contributed by atoms with Gasteiger partial charge in [0.1, 0.15) is 0 Å². The molecule has 1 atom stereocenters. The van der Waals surface area contributed by atoms with Crippen LogP contribution in [0.25, 0.3) is 0 Å². The highest BCUT2D eigenvalue weighted by Crippen LogP contribution is 2.50. The summed E-state index contributed by atoms with van der Waals surface area (Å²) in [6, 6.07) is 6.33. The molecule has 2 aliphatic rings. The molecule has 1 aromatic rings. The summed E-state index contributed by atoms with van der Waals surface area (Å²) >= 11 is 3.63. The summed E-state index contributed by atoms with van der Waals surface area (Å²) in [5.74, 6) is 0.484. The molecule has 1 aliphatic heterocycles. The predicted molar refractivity (Wildman–Crippen MR) is 71.4 cm³/mol. The van der Waals surface area contributed by atoms with E-state index in [1.807, 2.05) is 0 Å². The molecule has 2 fully saturated rings. The standard InChI is InChI=1S/C14H14BrNO2/c15-13-7-11(14(4-5-14)16-9-17)1-2-12(13)10-3-6-18-8-10/h1-2,7,10H,3-6,8H2. The van der Waals surface area contributed by atoms with E-state index in [0.29, 0.717) is 5.92 Å². The Labute approximate surface area is 114 Å². The molecular formula is C14H14BrNO2. The second-order valence-electron chi connectivity index (χ2n) is 5.03. The summed E-state index contributed by atoms with van der Waals surface area (Å²) in [5, 5.41) is 0. The van der Waals surface area contributed by atoms with Gasteiger partial charge in [0.05, 0.1) is 12.1 Å². The maximum absolute atomic E-state index is 10.5. The van der Waals surface area contributed by atoms with E-state index in [4.69, 9.17) is 4.74 Å². The minimum atomic E-state index is -0.283. The Kier molecular flexibility index (Phi) is 3.10. The van der Waals surface area contributed by atoms with Crippen molar-refractivity contribution in [3.63, 3.8) is 0 Å². The fourth-order valence-electron chi connectivity index (χ4n) is 2.60. The number of isocyanates is 1. The summed E-state index contributed by atoms with van der Waals surface area (Å²) in [5.41, 5.74) is 2.12. The largest absolute Gasteiger partial charge is 0.381 e. The lowest BCUT2D eigenvalue weighted by Gasteiger charge is -2.14. The third-order valence-electron chi connectivity index (χ3n) is 3.89. The molecule has 0 N–H and O–H groups in total. The van der Waals surface area contributed by atoms with E-state index in [1.54, 1.807) is 6.08 Å². The Morgan fingerprint density at radius 3 is 2.83 bits per heavy atom. The van der Waals surface area contributed by atoms with Crippen LogP contribution < -0.4 is 0 Å². The molecule has 94 valence electrons. The number of hydrogen-bond acceptors (Lipinski definition) is 3. The van der Waals surface area contributed by atoms with Crippen molar-refractivity contribution >= 4 is 22.0 Å². The second-order valence-corrected chi connectivity index (χ2v) is 5.89. The summed E-state index contributed by atoms with van der Waals surface area (Å²) < 4.78 is 6.52. The lowest BCUT2D eigenvalue weighted by atomic mass is 9.95. The van der Waals surface area contributed by atoms with Crippen LogP contribution in [-0.4, -0.2) is 19.3 Å². The zero-order valence-corrected chi connectivity index (χ0v) is 11.6. The van der Waals surface area contributed by atoms with Crippen molar-refractivity contribution < 1.29 is 9.53 Å². The highest BCUT2D eigenvalue weighted by atomic mass is 79.9. The molecule has 4 heteroatoms. The number of nitrogens with zero attached hydrogens (tertiary/aromatic N) is 1. The summed E-state index contributed by atoms with van der Waals surface area (Å²) in [4.78, 5) is 14.4. The Bertz CT molecular complexity index is 513. The van der Waals surface area contributed by atoms with Crippen molar-refractivity contribution in [2.45, 2.75) is 30.7 Å². The molecule has 0 bridgehead atoms. The van der Waals surface area contributed by atoms with Crippen LogP contribution in [0.15, 0.2) is 27.7 Å². The number of ether oxygens (including phenoxy) is 1. The molecule has 0 amide bonds. The third kappa shape index (κ3) is 2.05. The van der Waals surface area contributed by atoms with Gasteiger partial charge in [-0.2, -0.15) is 4.99 Å². The topological polar surface area (TPSA) is 38.7 Å². The van der Waals surface area contributed by atoms with Crippen molar-refractivity contribution in [1.82, 2.24) is 0 Å². The minimum absolute atomic E-state index is 0.283. The number of benzene rings is 1. The zero-order valence-electron chi connectivity index (χ0n) is 9.99. The molecular weight excluding hydrogens is 294 g/mol. The minimum Gasteiger partial charge on any atom is -0.381 e. The van der Waals surface area contributed by atoms with Crippen LogP contribution in [0.1, 0.15) is 36.3 Å². The lowest BCUT2D eigenvalue weighted by Crippen LogP contribution is -2.05. The number of rotatable bonds is 3. The van der Waals surface area contributed by atoms with Gasteiger partial charge in [-0.25, -0.2) is 4.79 Å². The van der Waals surface area contributed by atoms with Gasteiger partial charge in [0.2, 0.25) is 6.08 Å². The highest BCUT2D eigenvalue weighted by Gasteiger charge is 2.45. The van der Waals surface area contributed by atoms with Crippen molar-refractivity contribution in [2.24, 2.45) is 4.99 Å². The van der Waals surface area contributed by atoms with E-state index in [0.717, 1.165) is 42.5 Å². The fraction of sp³-hybridized carbons (Fsp3) is 0.500. The van der Waals surface area contributed by atoms with E-state index in [2.05, 4.69) is 39.1 Å². The second kappa shape index (κ2) is 4.61. The van der Waals surface area contributed by atoms with Gasteiger partial charge in [0, 0.05) is 17.0 Å². The van der Waals surface area contributed by atoms with Crippen molar-refractivity contribution in [3.8, 4) is 0 Å². The molecule has 1 heterocycles. The van der Waals surface area contributed by atoms with Gasteiger partial charge in [-0.3, -0.25) is 0 Å². The van der Waals surface area contributed by atoms with Gasteiger partial charge in [-0.15, -0.1) is 0 Å². The van der Waals surface area contributed by atoms with Crippen LogP contribution in [-0.2, 0) is 15.1 Å². The highest BCUT2D eigenvalue weighted by molar-refractivity contribution is 9.10. The summed E-state index contributed by atoms with van der Waals surface area (Å²) in [6.07, 6.45) is 4.67. The third-order valence-corrected chi connectivity index (χ3v) is 4.58. The average Bonchev–Trinajstić information content (AvgIpc) is 2.95. The Morgan fingerprint density at radius 1 is 1.44 bits per heavy atom.